The maximum absolute atomic E-state index is 11.1. The molecule has 3 N–H and O–H groups in total. The summed E-state index contributed by atoms with van der Waals surface area (Å²) in [6.45, 7) is 0.279. The molecule has 0 bridgehead atoms. The van der Waals surface area contributed by atoms with Crippen molar-refractivity contribution in [2.75, 3.05) is 17.2 Å². The van der Waals surface area contributed by atoms with Crippen LogP contribution in [0.25, 0.3) is 0 Å². The van der Waals surface area contributed by atoms with Gasteiger partial charge in [0, 0.05) is 6.42 Å². The maximum Gasteiger partial charge on any atom is 0.303 e. The molecule has 5 nitrogen and oxygen atoms in total. The Kier molecular flexibility index (Phi) is 2.76. The molecule has 1 heterocycles. The second kappa shape index (κ2) is 4.22. The van der Waals surface area contributed by atoms with Crippen molar-refractivity contribution in [1.82, 2.24) is 0 Å². The van der Waals surface area contributed by atoms with E-state index in [1.165, 1.54) is 0 Å². The lowest BCUT2D eigenvalue weighted by molar-refractivity contribution is -0.137. The highest BCUT2D eigenvalue weighted by Gasteiger charge is 2.13. The number of carboxylic acids is 1. The number of hydrogen-bond donors (Lipinski definition) is 3. The number of benzene rings is 1. The van der Waals surface area contributed by atoms with Crippen molar-refractivity contribution in [3.05, 3.63) is 23.8 Å². The van der Waals surface area contributed by atoms with Crippen molar-refractivity contribution in [2.24, 2.45) is 0 Å². The number of anilines is 2. The fourth-order valence-electron chi connectivity index (χ4n) is 1.63. The topological polar surface area (TPSA) is 78.4 Å². The van der Waals surface area contributed by atoms with Crippen LogP contribution in [-0.2, 0) is 16.0 Å². The minimum Gasteiger partial charge on any atom is -0.481 e. The van der Waals surface area contributed by atoms with Gasteiger partial charge in [-0.2, -0.15) is 0 Å². The largest absolute Gasteiger partial charge is 0.481 e. The van der Waals surface area contributed by atoms with E-state index in [0.717, 1.165) is 16.9 Å². The van der Waals surface area contributed by atoms with E-state index >= 15 is 0 Å². The van der Waals surface area contributed by atoms with Crippen LogP contribution in [0.4, 0.5) is 11.4 Å². The monoisotopic (exact) mass is 220 g/mol. The molecule has 5 heteroatoms. The molecule has 2 rings (SSSR count). The number of fused-ring (bicyclic) bond motifs is 1. The summed E-state index contributed by atoms with van der Waals surface area (Å²) in [5.74, 6) is -0.900. The Balaban J connectivity index is 2.14. The average Bonchev–Trinajstić information content (AvgIpc) is 2.25. The van der Waals surface area contributed by atoms with Crippen molar-refractivity contribution in [2.45, 2.75) is 12.8 Å². The lowest BCUT2D eigenvalue weighted by atomic mass is 10.1. The number of carboxylic acid groups (broad SMARTS) is 1. The normalized spacial score (nSPS) is 13.6. The number of amides is 1. The Labute approximate surface area is 92.5 Å². The molecule has 0 saturated carbocycles. The van der Waals surface area contributed by atoms with Gasteiger partial charge in [-0.1, -0.05) is 6.07 Å². The van der Waals surface area contributed by atoms with Gasteiger partial charge in [0.1, 0.15) is 0 Å². The first-order chi connectivity index (χ1) is 7.65. The Morgan fingerprint density at radius 2 is 2.19 bits per heavy atom. The molecular weight excluding hydrogens is 208 g/mol. The molecule has 1 aliphatic heterocycles. The number of carbonyl (C=O) groups is 2. The first-order valence-electron chi connectivity index (χ1n) is 5.03. The summed E-state index contributed by atoms with van der Waals surface area (Å²) in [6.07, 6.45) is 0.568. The molecule has 0 spiro atoms. The van der Waals surface area contributed by atoms with Gasteiger partial charge in [-0.25, -0.2) is 0 Å². The van der Waals surface area contributed by atoms with E-state index in [0.29, 0.717) is 6.42 Å². The number of aryl methyl sites for hydroxylation is 1. The number of nitrogens with one attached hydrogen (secondary N) is 2. The lowest BCUT2D eigenvalue weighted by Crippen LogP contribution is -2.27. The molecule has 0 fully saturated rings. The summed E-state index contributed by atoms with van der Waals surface area (Å²) < 4.78 is 0. The highest BCUT2D eigenvalue weighted by Crippen LogP contribution is 2.26. The Morgan fingerprint density at radius 3 is 2.94 bits per heavy atom. The zero-order chi connectivity index (χ0) is 11.5. The Hall–Kier alpha value is -2.04. The van der Waals surface area contributed by atoms with Crippen molar-refractivity contribution in [1.29, 1.82) is 0 Å². The molecule has 0 atom stereocenters. The van der Waals surface area contributed by atoms with Gasteiger partial charge in [0.15, 0.2) is 0 Å². The summed E-state index contributed by atoms with van der Waals surface area (Å²) >= 11 is 0. The van der Waals surface area contributed by atoms with E-state index in [1.807, 2.05) is 18.2 Å². The maximum atomic E-state index is 11.1. The van der Waals surface area contributed by atoms with E-state index in [9.17, 15) is 9.59 Å². The molecule has 1 aliphatic rings. The molecule has 0 aliphatic carbocycles. The fraction of sp³-hybridized carbons (Fsp3) is 0.273. The van der Waals surface area contributed by atoms with Crippen molar-refractivity contribution < 1.29 is 14.7 Å². The van der Waals surface area contributed by atoms with Crippen LogP contribution in [0.15, 0.2) is 18.2 Å². The number of aliphatic carboxylic acids is 1. The minimum absolute atomic E-state index is 0.0807. The first kappa shape index (κ1) is 10.5. The highest BCUT2D eigenvalue weighted by atomic mass is 16.4. The quantitative estimate of drug-likeness (QED) is 0.712. The van der Waals surface area contributed by atoms with Gasteiger partial charge >= 0.3 is 5.97 Å². The Bertz CT molecular complexity index is 443. The number of hydrogen-bond acceptors (Lipinski definition) is 3. The average molecular weight is 220 g/mol. The van der Waals surface area contributed by atoms with Crippen molar-refractivity contribution in [3.8, 4) is 0 Å². The zero-order valence-electron chi connectivity index (χ0n) is 8.62. The summed E-state index contributed by atoms with van der Waals surface area (Å²) in [7, 11) is 0. The fourth-order valence-corrected chi connectivity index (χ4v) is 1.63. The Morgan fingerprint density at radius 1 is 1.38 bits per heavy atom. The molecule has 0 aromatic heterocycles. The van der Waals surface area contributed by atoms with Gasteiger partial charge in [0.05, 0.1) is 17.9 Å². The molecule has 16 heavy (non-hydrogen) atoms. The van der Waals surface area contributed by atoms with Crippen LogP contribution in [0.3, 0.4) is 0 Å². The standard InChI is InChI=1S/C11H12N2O3/c14-10-6-12-8-3-1-7(2-4-11(15)16)5-9(8)13-10/h1,3,5,12H,2,4,6H2,(H,13,14)(H,15,16). The van der Waals surface area contributed by atoms with Gasteiger partial charge in [-0.05, 0) is 24.1 Å². The number of rotatable bonds is 3. The predicted octanol–water partition coefficient (Wildman–Crippen LogP) is 1.07. The van der Waals surface area contributed by atoms with E-state index in [1.54, 1.807) is 0 Å². The molecule has 0 radical (unpaired) electrons. The molecule has 0 saturated heterocycles. The zero-order valence-corrected chi connectivity index (χ0v) is 8.62. The first-order valence-corrected chi connectivity index (χ1v) is 5.03. The summed E-state index contributed by atoms with van der Waals surface area (Å²) in [5.41, 5.74) is 2.50. The highest BCUT2D eigenvalue weighted by molar-refractivity contribution is 6.00. The van der Waals surface area contributed by atoms with E-state index in [4.69, 9.17) is 5.11 Å². The SMILES string of the molecule is O=C(O)CCc1ccc2c(c1)NC(=O)CN2. The summed E-state index contributed by atoms with van der Waals surface area (Å²) in [4.78, 5) is 21.6. The third kappa shape index (κ3) is 2.31. The molecule has 1 amide bonds. The lowest BCUT2D eigenvalue weighted by Gasteiger charge is -2.19. The van der Waals surface area contributed by atoms with Crippen LogP contribution >= 0.6 is 0 Å². The van der Waals surface area contributed by atoms with Gasteiger partial charge in [-0.15, -0.1) is 0 Å². The van der Waals surface area contributed by atoms with Crippen LogP contribution in [0.5, 0.6) is 0 Å². The smallest absolute Gasteiger partial charge is 0.303 e. The van der Waals surface area contributed by atoms with E-state index < -0.39 is 5.97 Å². The van der Waals surface area contributed by atoms with Gasteiger partial charge in [0.2, 0.25) is 5.91 Å². The van der Waals surface area contributed by atoms with Crippen molar-refractivity contribution >= 4 is 23.3 Å². The summed E-state index contributed by atoms with van der Waals surface area (Å²) in [6, 6.07) is 5.53. The molecular formula is C11H12N2O3. The molecule has 0 unspecified atom stereocenters. The third-order valence-corrected chi connectivity index (χ3v) is 2.43. The van der Waals surface area contributed by atoms with E-state index in [-0.39, 0.29) is 18.9 Å². The minimum atomic E-state index is -0.820. The van der Waals surface area contributed by atoms with Gasteiger partial charge in [-0.3, -0.25) is 9.59 Å². The van der Waals surface area contributed by atoms with Crippen molar-refractivity contribution in [3.63, 3.8) is 0 Å². The van der Waals surface area contributed by atoms with Crippen LogP contribution < -0.4 is 10.6 Å². The van der Waals surface area contributed by atoms with Gasteiger partial charge < -0.3 is 15.7 Å². The van der Waals surface area contributed by atoms with Crippen LogP contribution in [0.2, 0.25) is 0 Å². The van der Waals surface area contributed by atoms with Crippen LogP contribution in [0, 0.1) is 0 Å². The third-order valence-electron chi connectivity index (χ3n) is 2.43. The van der Waals surface area contributed by atoms with Crippen LogP contribution in [-0.4, -0.2) is 23.5 Å². The predicted molar refractivity (Wildman–Crippen MR) is 59.5 cm³/mol. The molecule has 1 aromatic rings. The van der Waals surface area contributed by atoms with E-state index in [2.05, 4.69) is 10.6 Å². The summed E-state index contributed by atoms with van der Waals surface area (Å²) in [5, 5.41) is 14.3. The number of carbonyl (C=O) groups excluding carboxylic acids is 1. The second-order valence-electron chi connectivity index (χ2n) is 3.68. The van der Waals surface area contributed by atoms with Gasteiger partial charge in [0.25, 0.3) is 0 Å². The van der Waals surface area contributed by atoms with Crippen LogP contribution in [0.1, 0.15) is 12.0 Å². The molecule has 84 valence electrons. The second-order valence-corrected chi connectivity index (χ2v) is 3.68. The molecule has 1 aromatic carbocycles.